The Morgan fingerprint density at radius 2 is 1.85 bits per heavy atom. The molecule has 2 aliphatic heterocycles. The molecule has 8 nitrogen and oxygen atoms in total. The van der Waals surface area contributed by atoms with Crippen molar-refractivity contribution < 1.29 is 18.8 Å². The number of ether oxygens (including phenoxy) is 1. The molecular weight excluding hydrogens is 420 g/mol. The maximum Gasteiger partial charge on any atom is 0.253 e. The van der Waals surface area contributed by atoms with Crippen LogP contribution in [0.2, 0.25) is 0 Å². The normalized spacial score (nSPS) is 21.8. The highest BCUT2D eigenvalue weighted by Crippen LogP contribution is 2.44. The zero-order valence-corrected chi connectivity index (χ0v) is 18.7. The first-order valence-electron chi connectivity index (χ1n) is 11.0. The maximum absolute atomic E-state index is 13.2. The number of rotatable bonds is 5. The molecule has 0 N–H and O–H groups in total. The summed E-state index contributed by atoms with van der Waals surface area (Å²) in [6.07, 6.45) is 0.287. The maximum atomic E-state index is 13.2. The molecule has 2 saturated heterocycles. The molecule has 2 aliphatic rings. The number of benzene rings is 2. The van der Waals surface area contributed by atoms with E-state index in [2.05, 4.69) is 10.1 Å². The Morgan fingerprint density at radius 3 is 2.58 bits per heavy atom. The number of likely N-dealkylation sites (tertiary alicyclic amines) is 2. The van der Waals surface area contributed by atoms with Crippen LogP contribution in [0.15, 0.2) is 59.1 Å². The van der Waals surface area contributed by atoms with Gasteiger partial charge in [-0.3, -0.25) is 9.59 Å². The number of hydrogen-bond acceptors (Lipinski definition) is 6. The summed E-state index contributed by atoms with van der Waals surface area (Å²) in [5.74, 6) is 1.83. The summed E-state index contributed by atoms with van der Waals surface area (Å²) in [5.41, 5.74) is 0.996. The number of carbonyl (C=O) groups excluding carboxylic acids is 2. The van der Waals surface area contributed by atoms with Crippen LogP contribution in [0.4, 0.5) is 0 Å². The second kappa shape index (κ2) is 8.35. The van der Waals surface area contributed by atoms with Gasteiger partial charge in [0.1, 0.15) is 5.75 Å². The molecule has 0 aliphatic carbocycles. The van der Waals surface area contributed by atoms with E-state index in [1.54, 1.807) is 14.0 Å². The number of aromatic nitrogens is 2. The molecule has 8 heteroatoms. The lowest BCUT2D eigenvalue weighted by atomic mass is 9.81. The van der Waals surface area contributed by atoms with Crippen molar-refractivity contribution in [2.24, 2.45) is 5.92 Å². The number of methoxy groups -OCH3 is 1. The predicted molar refractivity (Wildman–Crippen MR) is 120 cm³/mol. The molecule has 2 amide bonds. The Bertz CT molecular complexity index is 1180. The Morgan fingerprint density at radius 1 is 1.09 bits per heavy atom. The number of carbonyl (C=O) groups is 2. The van der Waals surface area contributed by atoms with Crippen LogP contribution in [0, 0.1) is 12.8 Å². The van der Waals surface area contributed by atoms with E-state index in [0.717, 1.165) is 11.3 Å². The zero-order chi connectivity index (χ0) is 23.0. The molecule has 2 aromatic carbocycles. The minimum absolute atomic E-state index is 0.0186. The third-order valence-electron chi connectivity index (χ3n) is 6.71. The minimum Gasteiger partial charge on any atom is -0.497 e. The first-order valence-corrected chi connectivity index (χ1v) is 11.0. The van der Waals surface area contributed by atoms with Crippen molar-refractivity contribution in [3.05, 3.63) is 77.4 Å². The molecule has 170 valence electrons. The second-order valence-corrected chi connectivity index (χ2v) is 8.85. The standard InChI is InChI=1S/C25H26N4O4/c1-17-26-24(33-27-17)25-15-28(22(30)12-18-7-6-10-21(11-18)32-2)13-20(25)14-29(16-25)23(31)19-8-4-3-5-9-19/h3-11,20H,12-16H2,1-2H3/t20-,25-/m0/s1. The summed E-state index contributed by atoms with van der Waals surface area (Å²) in [6, 6.07) is 16.8. The van der Waals surface area contributed by atoms with Crippen LogP contribution < -0.4 is 4.74 Å². The highest BCUT2D eigenvalue weighted by molar-refractivity contribution is 5.94. The van der Waals surface area contributed by atoms with Gasteiger partial charge in [0, 0.05) is 37.7 Å². The molecule has 5 rings (SSSR count). The molecule has 0 bridgehead atoms. The van der Waals surface area contributed by atoms with Gasteiger partial charge in [-0.1, -0.05) is 35.5 Å². The van der Waals surface area contributed by atoms with Crippen molar-refractivity contribution >= 4 is 11.8 Å². The van der Waals surface area contributed by atoms with Gasteiger partial charge in [-0.2, -0.15) is 4.98 Å². The largest absolute Gasteiger partial charge is 0.497 e. The first-order chi connectivity index (χ1) is 16.0. The molecule has 0 saturated carbocycles. The molecule has 33 heavy (non-hydrogen) atoms. The number of aryl methyl sites for hydroxylation is 1. The lowest BCUT2D eigenvalue weighted by molar-refractivity contribution is -0.129. The molecule has 1 aromatic heterocycles. The van der Waals surface area contributed by atoms with Gasteiger partial charge in [0.05, 0.1) is 18.9 Å². The highest BCUT2D eigenvalue weighted by atomic mass is 16.5. The smallest absolute Gasteiger partial charge is 0.253 e. The number of amides is 2. The Balaban J connectivity index is 1.38. The van der Waals surface area contributed by atoms with E-state index in [9.17, 15) is 9.59 Å². The van der Waals surface area contributed by atoms with Gasteiger partial charge in [-0.15, -0.1) is 0 Å². The molecule has 0 spiro atoms. The van der Waals surface area contributed by atoms with Crippen molar-refractivity contribution in [2.75, 3.05) is 33.3 Å². The number of fused-ring (bicyclic) bond motifs is 1. The van der Waals surface area contributed by atoms with Crippen LogP contribution in [-0.4, -0.2) is 65.0 Å². The van der Waals surface area contributed by atoms with E-state index < -0.39 is 5.41 Å². The molecule has 3 heterocycles. The number of hydrogen-bond donors (Lipinski definition) is 0. The van der Waals surface area contributed by atoms with Gasteiger partial charge < -0.3 is 19.1 Å². The molecule has 2 atom stereocenters. The number of nitrogens with zero attached hydrogens (tertiary/aromatic N) is 4. The zero-order valence-electron chi connectivity index (χ0n) is 18.7. The van der Waals surface area contributed by atoms with E-state index >= 15 is 0 Å². The van der Waals surface area contributed by atoms with E-state index in [4.69, 9.17) is 9.26 Å². The molecule has 2 fully saturated rings. The van der Waals surface area contributed by atoms with Crippen LogP contribution in [0.5, 0.6) is 5.75 Å². The van der Waals surface area contributed by atoms with Crippen molar-refractivity contribution in [1.29, 1.82) is 0 Å². The lowest BCUT2D eigenvalue weighted by Gasteiger charge is -2.26. The average Bonchev–Trinajstić information content (AvgIpc) is 3.52. The predicted octanol–water partition coefficient (Wildman–Crippen LogP) is 2.48. The van der Waals surface area contributed by atoms with Crippen LogP contribution in [0.25, 0.3) is 0 Å². The topological polar surface area (TPSA) is 88.8 Å². The summed E-state index contributed by atoms with van der Waals surface area (Å²) in [4.78, 5) is 34.6. The van der Waals surface area contributed by atoms with Gasteiger partial charge >= 0.3 is 0 Å². The van der Waals surface area contributed by atoms with E-state index in [0.29, 0.717) is 43.5 Å². The van der Waals surface area contributed by atoms with Gasteiger partial charge in [-0.05, 0) is 36.8 Å². The van der Waals surface area contributed by atoms with E-state index in [1.165, 1.54) is 0 Å². The third-order valence-corrected chi connectivity index (χ3v) is 6.71. The average molecular weight is 447 g/mol. The fourth-order valence-corrected chi connectivity index (χ4v) is 5.04. The molecule has 0 radical (unpaired) electrons. The Labute approximate surface area is 192 Å². The summed E-state index contributed by atoms with van der Waals surface area (Å²) in [7, 11) is 1.61. The van der Waals surface area contributed by atoms with E-state index in [1.807, 2.05) is 64.4 Å². The Kier molecular flexibility index (Phi) is 5.36. The van der Waals surface area contributed by atoms with Gasteiger partial charge in [0.15, 0.2) is 5.82 Å². The summed E-state index contributed by atoms with van der Waals surface area (Å²) < 4.78 is 10.9. The van der Waals surface area contributed by atoms with Crippen LogP contribution in [0.3, 0.4) is 0 Å². The van der Waals surface area contributed by atoms with Crippen LogP contribution in [0.1, 0.15) is 27.6 Å². The highest BCUT2D eigenvalue weighted by Gasteiger charge is 2.58. The SMILES string of the molecule is COc1cccc(CC(=O)N2C[C@H]3CN(C(=O)c4ccccc4)C[C@@]3(c3nc(C)no3)C2)c1. The van der Waals surface area contributed by atoms with E-state index in [-0.39, 0.29) is 24.2 Å². The second-order valence-electron chi connectivity index (χ2n) is 8.85. The lowest BCUT2D eigenvalue weighted by Crippen LogP contribution is -2.41. The van der Waals surface area contributed by atoms with Crippen molar-refractivity contribution in [3.8, 4) is 5.75 Å². The van der Waals surface area contributed by atoms with Gasteiger partial charge in [0.2, 0.25) is 11.8 Å². The van der Waals surface area contributed by atoms with Crippen LogP contribution in [-0.2, 0) is 16.6 Å². The van der Waals surface area contributed by atoms with Gasteiger partial charge in [-0.25, -0.2) is 0 Å². The fraction of sp³-hybridized carbons (Fsp3) is 0.360. The minimum atomic E-state index is -0.560. The van der Waals surface area contributed by atoms with Crippen molar-refractivity contribution in [1.82, 2.24) is 19.9 Å². The monoisotopic (exact) mass is 446 g/mol. The van der Waals surface area contributed by atoms with Crippen molar-refractivity contribution in [2.45, 2.75) is 18.8 Å². The molecule has 3 aromatic rings. The molecule has 0 unspecified atom stereocenters. The van der Waals surface area contributed by atoms with Crippen molar-refractivity contribution in [3.63, 3.8) is 0 Å². The quantitative estimate of drug-likeness (QED) is 0.598. The summed E-state index contributed by atoms with van der Waals surface area (Å²) in [5, 5.41) is 3.99. The summed E-state index contributed by atoms with van der Waals surface area (Å²) >= 11 is 0. The fourth-order valence-electron chi connectivity index (χ4n) is 5.04. The first kappa shape index (κ1) is 21.2. The molecular formula is C25H26N4O4. The third kappa shape index (κ3) is 3.86. The summed E-state index contributed by atoms with van der Waals surface area (Å²) in [6.45, 7) is 3.75. The Hall–Kier alpha value is -3.68. The van der Waals surface area contributed by atoms with Crippen LogP contribution >= 0.6 is 0 Å². The van der Waals surface area contributed by atoms with Gasteiger partial charge in [0.25, 0.3) is 5.91 Å².